The van der Waals surface area contributed by atoms with E-state index in [1.165, 1.54) is 36.1 Å². The maximum atomic E-state index is 5.30. The number of piperidine rings is 1. The van der Waals surface area contributed by atoms with Gasteiger partial charge in [-0.05, 0) is 50.3 Å². The third-order valence-corrected chi connectivity index (χ3v) is 4.33. The van der Waals surface area contributed by atoms with Crippen LogP contribution in [0.4, 0.5) is 5.69 Å². The molecule has 1 aliphatic rings. The number of rotatable bonds is 7. The molecule has 1 fully saturated rings. The van der Waals surface area contributed by atoms with Crippen molar-refractivity contribution >= 4 is 5.69 Å². The van der Waals surface area contributed by atoms with E-state index in [1.54, 1.807) is 0 Å². The zero-order valence-corrected chi connectivity index (χ0v) is 13.8. The average Bonchev–Trinajstić information content (AvgIpc) is 2.49. The second-order valence-corrected chi connectivity index (χ2v) is 6.19. The zero-order valence-electron chi connectivity index (χ0n) is 13.8. The highest BCUT2D eigenvalue weighted by atomic mass is 16.5. The Morgan fingerprint density at radius 1 is 1.29 bits per heavy atom. The van der Waals surface area contributed by atoms with Crippen LogP contribution in [0.2, 0.25) is 0 Å². The number of hydrogen-bond donors (Lipinski definition) is 1. The first kappa shape index (κ1) is 16.3. The summed E-state index contributed by atoms with van der Waals surface area (Å²) in [6, 6.07) is 6.87. The third-order valence-electron chi connectivity index (χ3n) is 4.33. The maximum absolute atomic E-state index is 5.30. The fourth-order valence-electron chi connectivity index (χ4n) is 3.14. The fourth-order valence-corrected chi connectivity index (χ4v) is 3.14. The molecule has 0 bridgehead atoms. The van der Waals surface area contributed by atoms with E-state index < -0.39 is 0 Å². The molecule has 1 heterocycles. The molecular weight excluding hydrogens is 260 g/mol. The minimum absolute atomic E-state index is 0.735. The average molecular weight is 290 g/mol. The predicted octanol–water partition coefficient (Wildman–Crippen LogP) is 3.36. The number of methoxy groups -OCH3 is 1. The van der Waals surface area contributed by atoms with Gasteiger partial charge in [0.25, 0.3) is 0 Å². The van der Waals surface area contributed by atoms with Gasteiger partial charge in [0.1, 0.15) is 0 Å². The van der Waals surface area contributed by atoms with Gasteiger partial charge in [0, 0.05) is 39.0 Å². The Balaban J connectivity index is 2.01. The van der Waals surface area contributed by atoms with Crippen molar-refractivity contribution in [2.24, 2.45) is 5.92 Å². The van der Waals surface area contributed by atoms with Crippen LogP contribution in [0.25, 0.3) is 0 Å². The first-order chi connectivity index (χ1) is 10.2. The van der Waals surface area contributed by atoms with Crippen LogP contribution in [0.5, 0.6) is 0 Å². The summed E-state index contributed by atoms with van der Waals surface area (Å²) < 4.78 is 5.30. The summed E-state index contributed by atoms with van der Waals surface area (Å²) in [5.74, 6) is 0.735. The van der Waals surface area contributed by atoms with Gasteiger partial charge in [0.2, 0.25) is 0 Å². The summed E-state index contributed by atoms with van der Waals surface area (Å²) >= 11 is 0. The molecule has 0 atom stereocenters. The lowest BCUT2D eigenvalue weighted by atomic mass is 9.96. The van der Waals surface area contributed by atoms with Crippen molar-refractivity contribution in [1.82, 2.24) is 5.32 Å². The second kappa shape index (κ2) is 8.40. The lowest BCUT2D eigenvalue weighted by Crippen LogP contribution is -2.35. The van der Waals surface area contributed by atoms with Gasteiger partial charge < -0.3 is 15.0 Å². The Hall–Kier alpha value is -1.06. The van der Waals surface area contributed by atoms with Crippen LogP contribution in [0.1, 0.15) is 37.3 Å². The van der Waals surface area contributed by atoms with E-state index >= 15 is 0 Å². The molecule has 3 heteroatoms. The number of hydrogen-bond acceptors (Lipinski definition) is 3. The van der Waals surface area contributed by atoms with E-state index in [9.17, 15) is 0 Å². The van der Waals surface area contributed by atoms with E-state index in [-0.39, 0.29) is 0 Å². The molecule has 0 aliphatic carbocycles. The number of anilines is 1. The van der Waals surface area contributed by atoms with Crippen molar-refractivity contribution < 1.29 is 4.74 Å². The van der Waals surface area contributed by atoms with Crippen LogP contribution >= 0.6 is 0 Å². The molecule has 1 saturated heterocycles. The summed E-state index contributed by atoms with van der Waals surface area (Å²) in [6.07, 6.45) is 3.66. The van der Waals surface area contributed by atoms with Crippen molar-refractivity contribution in [1.29, 1.82) is 0 Å². The lowest BCUT2D eigenvalue weighted by Gasteiger charge is -2.34. The highest BCUT2D eigenvalue weighted by Crippen LogP contribution is 2.27. The molecule has 0 saturated carbocycles. The molecule has 3 nitrogen and oxygen atoms in total. The molecule has 1 aromatic carbocycles. The topological polar surface area (TPSA) is 24.5 Å². The molecule has 1 N–H and O–H groups in total. The summed E-state index contributed by atoms with van der Waals surface area (Å²) in [5.41, 5.74) is 4.20. The number of nitrogens with one attached hydrogen (secondary N) is 1. The van der Waals surface area contributed by atoms with Gasteiger partial charge in [0.15, 0.2) is 0 Å². The van der Waals surface area contributed by atoms with Gasteiger partial charge in [-0.25, -0.2) is 0 Å². The van der Waals surface area contributed by atoms with E-state index in [2.05, 4.69) is 42.3 Å². The van der Waals surface area contributed by atoms with Gasteiger partial charge in [-0.2, -0.15) is 0 Å². The largest absolute Gasteiger partial charge is 0.384 e. The minimum atomic E-state index is 0.735. The number of benzene rings is 1. The van der Waals surface area contributed by atoms with Crippen LogP contribution in [0, 0.1) is 12.8 Å². The van der Waals surface area contributed by atoms with Crippen molar-refractivity contribution in [2.45, 2.75) is 39.7 Å². The van der Waals surface area contributed by atoms with Gasteiger partial charge in [0.05, 0.1) is 0 Å². The van der Waals surface area contributed by atoms with Gasteiger partial charge in [-0.1, -0.05) is 24.6 Å². The van der Waals surface area contributed by atoms with Crippen molar-refractivity contribution in [3.63, 3.8) is 0 Å². The zero-order chi connectivity index (χ0) is 15.1. The number of nitrogens with zero attached hydrogens (tertiary/aromatic N) is 1. The molecular formula is C18H30N2O. The normalized spacial score (nSPS) is 16.4. The highest BCUT2D eigenvalue weighted by molar-refractivity contribution is 5.55. The summed E-state index contributed by atoms with van der Waals surface area (Å²) in [4.78, 5) is 2.55. The van der Waals surface area contributed by atoms with Crippen LogP contribution in [0.15, 0.2) is 18.2 Å². The second-order valence-electron chi connectivity index (χ2n) is 6.19. The molecule has 0 aromatic heterocycles. The Morgan fingerprint density at radius 2 is 2.05 bits per heavy atom. The Labute approximate surface area is 129 Å². The van der Waals surface area contributed by atoms with E-state index in [4.69, 9.17) is 4.74 Å². The monoisotopic (exact) mass is 290 g/mol. The van der Waals surface area contributed by atoms with Crippen LogP contribution in [-0.2, 0) is 11.3 Å². The van der Waals surface area contributed by atoms with Crippen molar-refractivity contribution in [3.05, 3.63) is 29.3 Å². The minimum Gasteiger partial charge on any atom is -0.384 e. The molecule has 21 heavy (non-hydrogen) atoms. The molecule has 1 aliphatic heterocycles. The smallest absolute Gasteiger partial charge is 0.0491 e. The standard InChI is InChI=1S/C18H30N2O/c1-4-9-19-13-17-12-15(2)5-6-18(17)20-10-7-16(8-11-20)14-21-3/h5-6,12,16,19H,4,7-11,13-14H2,1-3H3. The van der Waals surface area contributed by atoms with Crippen molar-refractivity contribution in [3.8, 4) is 0 Å². The maximum Gasteiger partial charge on any atom is 0.0491 e. The fraction of sp³-hybridized carbons (Fsp3) is 0.667. The SMILES string of the molecule is CCCNCc1cc(C)ccc1N1CCC(COC)CC1. The molecule has 0 spiro atoms. The number of ether oxygens (including phenoxy) is 1. The Morgan fingerprint density at radius 3 is 2.71 bits per heavy atom. The third kappa shape index (κ3) is 4.72. The Bertz CT molecular complexity index is 425. The van der Waals surface area contributed by atoms with Crippen LogP contribution in [-0.4, -0.2) is 33.4 Å². The van der Waals surface area contributed by atoms with E-state index in [1.807, 2.05) is 7.11 Å². The predicted molar refractivity (Wildman–Crippen MR) is 90.0 cm³/mol. The van der Waals surface area contributed by atoms with Gasteiger partial charge in [-0.15, -0.1) is 0 Å². The lowest BCUT2D eigenvalue weighted by molar-refractivity contribution is 0.139. The molecule has 0 amide bonds. The molecule has 118 valence electrons. The van der Waals surface area contributed by atoms with Crippen LogP contribution in [0.3, 0.4) is 0 Å². The van der Waals surface area contributed by atoms with Gasteiger partial charge >= 0.3 is 0 Å². The quantitative estimate of drug-likeness (QED) is 0.779. The van der Waals surface area contributed by atoms with Crippen LogP contribution < -0.4 is 10.2 Å². The molecule has 0 unspecified atom stereocenters. The first-order valence-corrected chi connectivity index (χ1v) is 8.28. The van der Waals surface area contributed by atoms with E-state index in [0.717, 1.165) is 38.7 Å². The van der Waals surface area contributed by atoms with E-state index in [0.29, 0.717) is 0 Å². The molecule has 2 rings (SSSR count). The Kier molecular flexibility index (Phi) is 6.52. The first-order valence-electron chi connectivity index (χ1n) is 8.28. The van der Waals surface area contributed by atoms with Crippen molar-refractivity contribution in [2.75, 3.05) is 38.3 Å². The molecule has 0 radical (unpaired) electrons. The number of aryl methyl sites for hydroxylation is 1. The van der Waals surface area contributed by atoms with Gasteiger partial charge in [-0.3, -0.25) is 0 Å². The summed E-state index contributed by atoms with van der Waals surface area (Å²) in [6.45, 7) is 9.66. The summed E-state index contributed by atoms with van der Waals surface area (Å²) in [5, 5.41) is 3.54. The highest BCUT2D eigenvalue weighted by Gasteiger charge is 2.20. The summed E-state index contributed by atoms with van der Waals surface area (Å²) in [7, 11) is 1.81. The molecule has 1 aromatic rings.